The highest BCUT2D eigenvalue weighted by Crippen LogP contribution is 2.28. The Morgan fingerprint density at radius 1 is 0.494 bits per heavy atom. The largest absolute Gasteiger partial charge is 0.396 e. The van der Waals surface area contributed by atoms with E-state index < -0.39 is 17.7 Å². The predicted molar refractivity (Wildman–Crippen MR) is 310 cm³/mol. The van der Waals surface area contributed by atoms with Crippen LogP contribution in [-0.2, 0) is 46.9 Å². The van der Waals surface area contributed by atoms with Crippen LogP contribution in [0, 0.1) is 0 Å². The van der Waals surface area contributed by atoms with Crippen molar-refractivity contribution in [3.8, 4) is 22.9 Å². The van der Waals surface area contributed by atoms with Crippen LogP contribution in [0.25, 0.3) is 74.2 Å². The van der Waals surface area contributed by atoms with Gasteiger partial charge in [0.25, 0.3) is 17.7 Å². The average Bonchev–Trinajstić information content (AvgIpc) is 4.32. The van der Waals surface area contributed by atoms with E-state index in [0.29, 0.717) is 32.5 Å². The van der Waals surface area contributed by atoms with Crippen LogP contribution in [0.15, 0.2) is 177 Å². The first-order chi connectivity index (χ1) is 39.2. The van der Waals surface area contributed by atoms with Crippen LogP contribution in [0.5, 0.6) is 0 Å². The van der Waals surface area contributed by atoms with Gasteiger partial charge in [0, 0.05) is 87.5 Å². The maximum absolute atomic E-state index is 11.3. The van der Waals surface area contributed by atoms with Crippen molar-refractivity contribution in [2.75, 3.05) is 13.2 Å². The summed E-state index contributed by atoms with van der Waals surface area (Å²) in [4.78, 5) is 60.4. The number of carbonyl (C=O) groups is 3. The number of rotatable bonds is 19. The lowest BCUT2D eigenvalue weighted by atomic mass is 10.1. The number of nitrogens with zero attached hydrogens (tertiary/aromatic N) is 9. The Balaban J connectivity index is 0.000000175. The summed E-state index contributed by atoms with van der Waals surface area (Å²) in [6, 6.07) is 41.0. The minimum absolute atomic E-state index is 0. The van der Waals surface area contributed by atoms with Crippen LogP contribution < -0.4 is 16.4 Å². The van der Waals surface area contributed by atoms with E-state index in [9.17, 15) is 24.6 Å². The van der Waals surface area contributed by atoms with Gasteiger partial charge >= 0.3 is 0 Å². The van der Waals surface area contributed by atoms with Crippen molar-refractivity contribution in [2.24, 2.45) is 0 Å². The number of benzene rings is 4. The number of aliphatic hydroxyl groups is 2. The molecule has 0 radical (unpaired) electrons. The third-order valence-electron chi connectivity index (χ3n) is 12.5. The van der Waals surface area contributed by atoms with Crippen molar-refractivity contribution in [1.82, 2.24) is 60.0 Å². The number of nitrogens with one attached hydrogen (secondary N) is 3. The molecule has 0 saturated carbocycles. The molecule has 81 heavy (non-hydrogen) atoms. The average molecular weight is 1090 g/mol. The highest BCUT2D eigenvalue weighted by molar-refractivity contribution is 5.93. The van der Waals surface area contributed by atoms with E-state index in [2.05, 4.69) is 59.4 Å². The number of pyridine rings is 3. The minimum Gasteiger partial charge on any atom is -0.396 e. The molecule has 0 atom stereocenters. The molecule has 0 aliphatic carbocycles. The molecule has 0 saturated heterocycles. The number of fused-ring (bicyclic) bond motifs is 3. The molecule has 10 aromatic rings. The number of aryl methyl sites for hydroxylation is 4. The molecule has 0 spiro atoms. The van der Waals surface area contributed by atoms with Gasteiger partial charge in [-0.2, -0.15) is 0 Å². The van der Waals surface area contributed by atoms with Crippen LogP contribution >= 0.6 is 0 Å². The molecule has 414 valence electrons. The van der Waals surface area contributed by atoms with Crippen LogP contribution in [0.3, 0.4) is 0 Å². The standard InChI is InChI=1S/C24H22N4O2.2C18H18N4O3.CH4/c29-24(27-30)13-10-19-8-11-22-21(15-19)26-23(12-9-18-5-2-1-3-6-18)28(22)17-20-7-4-14-25-16-20;23-11-1-10-22-16-4-2-13(3-5-17(24)21-25)12-15(16)20-18(22)14-6-8-19-9-7-14;23-11-3-10-22-16-7-5-13(6-8-17(24)21-25)12-15(16)20-18(22)14-4-1-2-9-19-14;/h1-8,10-11,13-16,30H,9,12,17H2,(H,27,29);2-9,12,23,25H,1,10-11H2,(H,21,24);1-2,4-9,12,23,25H,3,10-11H2,(H,21,24);1H4/b13-10+;5-3+;8-6+;. The summed E-state index contributed by atoms with van der Waals surface area (Å²) in [7, 11) is 0. The Morgan fingerprint density at radius 2 is 1.00 bits per heavy atom. The number of aromatic nitrogens is 9. The van der Waals surface area contributed by atoms with E-state index in [1.165, 1.54) is 23.8 Å². The SMILES string of the molecule is C.O=C(/C=C/c1ccc2c(c1)nc(-c1ccccn1)n2CCCO)NO.O=C(/C=C/c1ccc2c(c1)nc(-c1ccncc1)n2CCCO)NO.O=C(/C=C/c1ccc2c(c1)nc(CCc1ccccc1)n2Cc1cccnc1)NO. The molecule has 6 aromatic heterocycles. The van der Waals surface area contributed by atoms with Gasteiger partial charge in [0.15, 0.2) is 5.82 Å². The first-order valence-corrected chi connectivity index (χ1v) is 25.5. The molecule has 0 aliphatic rings. The Morgan fingerprint density at radius 3 is 1.51 bits per heavy atom. The Hall–Kier alpha value is -9.83. The Kier molecular flexibility index (Phi) is 21.6. The summed E-state index contributed by atoms with van der Waals surface area (Å²) in [5.41, 5.74) is 16.5. The Labute approximate surface area is 466 Å². The van der Waals surface area contributed by atoms with Gasteiger partial charge < -0.3 is 23.9 Å². The molecule has 0 bridgehead atoms. The zero-order chi connectivity index (χ0) is 56.1. The van der Waals surface area contributed by atoms with Gasteiger partial charge in [0.1, 0.15) is 17.3 Å². The molecule has 10 rings (SSSR count). The molecule has 20 heteroatoms. The number of aliphatic hydroxyl groups excluding tert-OH is 2. The molecule has 0 fully saturated rings. The molecule has 6 heterocycles. The van der Waals surface area contributed by atoms with Crippen LogP contribution in [0.2, 0.25) is 0 Å². The van der Waals surface area contributed by atoms with Crippen molar-refractivity contribution in [3.63, 3.8) is 0 Å². The summed E-state index contributed by atoms with van der Waals surface area (Å²) in [5.74, 6) is 0.792. The maximum atomic E-state index is 11.3. The van der Waals surface area contributed by atoms with Gasteiger partial charge in [-0.1, -0.05) is 68.1 Å². The number of imidazole rings is 3. The van der Waals surface area contributed by atoms with Crippen molar-refractivity contribution < 1.29 is 40.2 Å². The molecule has 8 N–H and O–H groups in total. The fourth-order valence-electron chi connectivity index (χ4n) is 8.69. The third-order valence-corrected chi connectivity index (χ3v) is 12.5. The summed E-state index contributed by atoms with van der Waals surface area (Å²) < 4.78 is 6.32. The molecule has 3 amide bonds. The highest BCUT2D eigenvalue weighted by Gasteiger charge is 2.16. The second-order valence-electron chi connectivity index (χ2n) is 17.9. The van der Waals surface area contributed by atoms with E-state index in [-0.39, 0.29) is 20.6 Å². The molecular weight excluding hydrogens is 1030 g/mol. The van der Waals surface area contributed by atoms with Gasteiger partial charge in [0.05, 0.1) is 39.6 Å². The van der Waals surface area contributed by atoms with Crippen LogP contribution in [0.4, 0.5) is 0 Å². The van der Waals surface area contributed by atoms with Crippen LogP contribution in [0.1, 0.15) is 53.9 Å². The lowest BCUT2D eigenvalue weighted by Gasteiger charge is -2.09. The minimum atomic E-state index is -0.595. The van der Waals surface area contributed by atoms with Crippen molar-refractivity contribution in [3.05, 3.63) is 210 Å². The number of hydroxylamine groups is 3. The van der Waals surface area contributed by atoms with Crippen molar-refractivity contribution >= 4 is 69.0 Å². The number of hydrogen-bond acceptors (Lipinski definition) is 14. The molecular formula is C61H62N12O8. The van der Waals surface area contributed by atoms with Gasteiger partial charge in [-0.15, -0.1) is 0 Å². The summed E-state index contributed by atoms with van der Waals surface area (Å²) in [5, 5.41) is 44.1. The smallest absolute Gasteiger partial charge is 0.267 e. The van der Waals surface area contributed by atoms with Gasteiger partial charge in [-0.25, -0.2) is 31.4 Å². The topological polar surface area (TPSA) is 281 Å². The van der Waals surface area contributed by atoms with E-state index in [4.69, 9.17) is 25.6 Å². The first kappa shape index (κ1) is 58.8. The predicted octanol–water partition coefficient (Wildman–Crippen LogP) is 8.42. The van der Waals surface area contributed by atoms with Crippen molar-refractivity contribution in [2.45, 2.75) is 52.7 Å². The summed E-state index contributed by atoms with van der Waals surface area (Å²) >= 11 is 0. The maximum Gasteiger partial charge on any atom is 0.267 e. The molecule has 4 aromatic carbocycles. The molecule has 20 nitrogen and oxygen atoms in total. The molecule has 0 aliphatic heterocycles. The van der Waals surface area contributed by atoms with Crippen LogP contribution in [-0.4, -0.2) is 100 Å². The van der Waals surface area contributed by atoms with Gasteiger partial charge in [-0.3, -0.25) is 45.0 Å². The fraction of sp³-hybridized carbons (Fsp3) is 0.164. The zero-order valence-corrected chi connectivity index (χ0v) is 43.3. The number of carbonyl (C=O) groups excluding carboxylic acids is 3. The van der Waals surface area contributed by atoms with Gasteiger partial charge in [0.2, 0.25) is 0 Å². The van der Waals surface area contributed by atoms with Crippen molar-refractivity contribution in [1.29, 1.82) is 0 Å². The normalized spacial score (nSPS) is 11.1. The van der Waals surface area contributed by atoms with E-state index in [1.54, 1.807) is 59.5 Å². The zero-order valence-electron chi connectivity index (χ0n) is 43.3. The van der Waals surface area contributed by atoms with Gasteiger partial charge in [-0.05, 0) is 132 Å². The summed E-state index contributed by atoms with van der Waals surface area (Å²) in [6.45, 7) is 2.16. The summed E-state index contributed by atoms with van der Waals surface area (Å²) in [6.07, 6.45) is 20.4. The second-order valence-corrected chi connectivity index (χ2v) is 17.9. The monoisotopic (exact) mass is 1090 g/mol. The van der Waals surface area contributed by atoms with E-state index >= 15 is 0 Å². The number of amides is 3. The quantitative estimate of drug-likeness (QED) is 0.0214. The highest BCUT2D eigenvalue weighted by atomic mass is 16.5. The lowest BCUT2D eigenvalue weighted by Crippen LogP contribution is -2.14. The fourth-order valence-corrected chi connectivity index (χ4v) is 8.69. The van der Waals surface area contributed by atoms with E-state index in [0.717, 1.165) is 96.9 Å². The first-order valence-electron chi connectivity index (χ1n) is 25.5. The Bertz CT molecular complexity index is 3600. The lowest BCUT2D eigenvalue weighted by molar-refractivity contribution is -0.124. The third kappa shape index (κ3) is 15.9. The molecule has 0 unspecified atom stereocenters. The second kappa shape index (κ2) is 29.8. The number of hydrogen-bond donors (Lipinski definition) is 8. The van der Waals surface area contributed by atoms with E-state index in [1.807, 2.05) is 108 Å².